The summed E-state index contributed by atoms with van der Waals surface area (Å²) in [6.45, 7) is 5.53. The van der Waals surface area contributed by atoms with Crippen LogP contribution in [0.25, 0.3) is 0 Å². The highest BCUT2D eigenvalue weighted by molar-refractivity contribution is 7.10. The first-order valence-corrected chi connectivity index (χ1v) is 7.36. The largest absolute Gasteiger partial charge is 0.452 e. The molecular formula is C15H24FN2O3P. The Morgan fingerprint density at radius 2 is 1.86 bits per heavy atom. The van der Waals surface area contributed by atoms with Crippen LogP contribution in [0.5, 0.6) is 0 Å². The highest BCUT2D eigenvalue weighted by Gasteiger charge is 2.20. The quantitative estimate of drug-likeness (QED) is 0.809. The summed E-state index contributed by atoms with van der Waals surface area (Å²) in [5.41, 5.74) is 5.83. The van der Waals surface area contributed by atoms with Gasteiger partial charge in [0, 0.05) is 12.0 Å². The van der Waals surface area contributed by atoms with E-state index in [0.717, 1.165) is 5.56 Å². The molecule has 1 aromatic rings. The summed E-state index contributed by atoms with van der Waals surface area (Å²) >= 11 is 0. The fourth-order valence-corrected chi connectivity index (χ4v) is 1.84. The van der Waals surface area contributed by atoms with Crippen LogP contribution in [0.2, 0.25) is 0 Å². The van der Waals surface area contributed by atoms with Crippen molar-refractivity contribution in [3.8, 4) is 0 Å². The smallest absolute Gasteiger partial charge is 0.307 e. The van der Waals surface area contributed by atoms with Crippen molar-refractivity contribution < 1.29 is 18.5 Å². The molecule has 0 spiro atoms. The summed E-state index contributed by atoms with van der Waals surface area (Å²) in [7, 11) is 1.89. The van der Waals surface area contributed by atoms with E-state index in [1.54, 1.807) is 19.1 Å². The van der Waals surface area contributed by atoms with Gasteiger partial charge in [0.15, 0.2) is 0 Å². The number of amides is 1. The predicted octanol–water partition coefficient (Wildman–Crippen LogP) is 1.95. The Hall–Kier alpha value is -1.52. The molecule has 0 bridgehead atoms. The second kappa shape index (κ2) is 10.2. The van der Waals surface area contributed by atoms with Crippen LogP contribution >= 0.6 is 9.47 Å². The zero-order valence-corrected chi connectivity index (χ0v) is 14.3. The third-order valence-corrected chi connectivity index (χ3v) is 2.91. The standard InChI is InChI=1S/C12H17FN2O.C3H7O2P/c1-12(2,15-11(16)8-14)7-9-3-5-10(13)6-4-9;1-2-3(4)5-6/h3-6H,7-8,14H2,1-2H3,(H,15,16);2,6H2,1H3. The molecule has 0 aromatic heterocycles. The molecule has 5 nitrogen and oxygen atoms in total. The van der Waals surface area contributed by atoms with Crippen LogP contribution in [0.1, 0.15) is 32.8 Å². The molecule has 3 N–H and O–H groups in total. The highest BCUT2D eigenvalue weighted by Crippen LogP contribution is 2.13. The average molecular weight is 330 g/mol. The average Bonchev–Trinajstić information content (AvgIpc) is 2.48. The maximum atomic E-state index is 12.7. The van der Waals surface area contributed by atoms with Crippen molar-refractivity contribution in [3.05, 3.63) is 35.6 Å². The number of carbonyl (C=O) groups is 2. The first-order valence-electron chi connectivity index (χ1n) is 6.89. The maximum Gasteiger partial charge on any atom is 0.307 e. The highest BCUT2D eigenvalue weighted by atomic mass is 31.0. The van der Waals surface area contributed by atoms with Gasteiger partial charge in [0.2, 0.25) is 5.91 Å². The van der Waals surface area contributed by atoms with Crippen molar-refractivity contribution in [2.75, 3.05) is 6.54 Å². The second-order valence-corrected chi connectivity index (χ2v) is 5.52. The molecule has 22 heavy (non-hydrogen) atoms. The number of nitrogens with one attached hydrogen (secondary N) is 1. The van der Waals surface area contributed by atoms with Gasteiger partial charge in [0.25, 0.3) is 0 Å². The van der Waals surface area contributed by atoms with Crippen molar-refractivity contribution in [1.82, 2.24) is 5.32 Å². The van der Waals surface area contributed by atoms with E-state index in [4.69, 9.17) is 5.73 Å². The van der Waals surface area contributed by atoms with Crippen LogP contribution in [0.3, 0.4) is 0 Å². The molecule has 0 heterocycles. The minimum absolute atomic E-state index is 0.0210. The fraction of sp³-hybridized carbons (Fsp3) is 0.467. The zero-order chi connectivity index (χ0) is 17.2. The second-order valence-electron chi connectivity index (χ2n) is 5.28. The van der Waals surface area contributed by atoms with Crippen LogP contribution in [0.4, 0.5) is 4.39 Å². The molecule has 0 saturated carbocycles. The number of nitrogens with two attached hydrogens (primary N) is 1. The van der Waals surface area contributed by atoms with Crippen molar-refractivity contribution in [2.45, 2.75) is 39.2 Å². The van der Waals surface area contributed by atoms with Gasteiger partial charge in [-0.3, -0.25) is 9.59 Å². The monoisotopic (exact) mass is 330 g/mol. The zero-order valence-electron chi connectivity index (χ0n) is 13.2. The van der Waals surface area contributed by atoms with Gasteiger partial charge in [0.05, 0.1) is 16.0 Å². The summed E-state index contributed by atoms with van der Waals surface area (Å²) in [4.78, 5) is 21.1. The summed E-state index contributed by atoms with van der Waals surface area (Å²) < 4.78 is 16.9. The van der Waals surface area contributed by atoms with Crippen LogP contribution in [-0.2, 0) is 20.5 Å². The Balaban J connectivity index is 0.000000626. The number of hydrogen-bond acceptors (Lipinski definition) is 4. The van der Waals surface area contributed by atoms with E-state index in [0.29, 0.717) is 12.8 Å². The van der Waals surface area contributed by atoms with Gasteiger partial charge in [-0.15, -0.1) is 0 Å². The molecule has 0 saturated heterocycles. The van der Waals surface area contributed by atoms with E-state index in [1.807, 2.05) is 23.3 Å². The number of hydrogen-bond donors (Lipinski definition) is 2. The molecular weight excluding hydrogens is 306 g/mol. The Kier molecular flexibility index (Phi) is 9.54. The molecule has 1 unspecified atom stereocenters. The predicted molar refractivity (Wildman–Crippen MR) is 87.5 cm³/mol. The Bertz CT molecular complexity index is 472. The van der Waals surface area contributed by atoms with E-state index < -0.39 is 0 Å². The minimum atomic E-state index is -0.381. The minimum Gasteiger partial charge on any atom is -0.452 e. The van der Waals surface area contributed by atoms with Gasteiger partial charge in [-0.25, -0.2) is 4.39 Å². The molecule has 124 valence electrons. The lowest BCUT2D eigenvalue weighted by Crippen LogP contribution is -2.47. The number of rotatable bonds is 5. The van der Waals surface area contributed by atoms with Gasteiger partial charge in [-0.05, 0) is 38.0 Å². The first kappa shape index (κ1) is 20.5. The van der Waals surface area contributed by atoms with E-state index in [9.17, 15) is 14.0 Å². The molecule has 7 heteroatoms. The molecule has 1 aromatic carbocycles. The summed E-state index contributed by atoms with van der Waals surface area (Å²) in [6, 6.07) is 6.25. The molecule has 0 aliphatic rings. The number of carbonyl (C=O) groups excluding carboxylic acids is 2. The molecule has 0 radical (unpaired) electrons. The molecule has 0 fully saturated rings. The Morgan fingerprint density at radius 1 is 1.32 bits per heavy atom. The summed E-state index contributed by atoms with van der Waals surface area (Å²) in [6.07, 6.45) is 1.09. The van der Waals surface area contributed by atoms with Gasteiger partial charge in [0.1, 0.15) is 5.82 Å². The van der Waals surface area contributed by atoms with E-state index in [2.05, 4.69) is 9.84 Å². The summed E-state index contributed by atoms with van der Waals surface area (Å²) in [5.74, 6) is -0.639. The lowest BCUT2D eigenvalue weighted by molar-refractivity contribution is -0.132. The van der Waals surface area contributed by atoms with E-state index in [-0.39, 0.29) is 29.8 Å². The van der Waals surface area contributed by atoms with Gasteiger partial charge in [-0.2, -0.15) is 0 Å². The fourth-order valence-electron chi connectivity index (χ4n) is 1.67. The third kappa shape index (κ3) is 9.42. The maximum absolute atomic E-state index is 12.7. The molecule has 0 aliphatic carbocycles. The van der Waals surface area contributed by atoms with Crippen LogP contribution < -0.4 is 11.1 Å². The molecule has 1 amide bonds. The van der Waals surface area contributed by atoms with Gasteiger partial charge in [-0.1, -0.05) is 19.1 Å². The summed E-state index contributed by atoms with van der Waals surface area (Å²) in [5, 5.41) is 2.81. The lowest BCUT2D eigenvalue weighted by Gasteiger charge is -2.26. The van der Waals surface area contributed by atoms with Gasteiger partial charge >= 0.3 is 5.97 Å². The van der Waals surface area contributed by atoms with E-state index >= 15 is 0 Å². The molecule has 1 atom stereocenters. The first-order chi connectivity index (χ1) is 10.2. The van der Waals surface area contributed by atoms with Crippen LogP contribution in [-0.4, -0.2) is 24.0 Å². The molecule has 1 rings (SSSR count). The number of benzene rings is 1. The van der Waals surface area contributed by atoms with Gasteiger partial charge < -0.3 is 15.6 Å². The third-order valence-electron chi connectivity index (χ3n) is 2.64. The lowest BCUT2D eigenvalue weighted by atomic mass is 9.95. The van der Waals surface area contributed by atoms with Crippen molar-refractivity contribution >= 4 is 21.3 Å². The number of halogens is 1. The van der Waals surface area contributed by atoms with Crippen molar-refractivity contribution in [1.29, 1.82) is 0 Å². The topological polar surface area (TPSA) is 81.4 Å². The van der Waals surface area contributed by atoms with E-state index in [1.165, 1.54) is 12.1 Å². The van der Waals surface area contributed by atoms with Crippen molar-refractivity contribution in [2.24, 2.45) is 5.73 Å². The van der Waals surface area contributed by atoms with Crippen LogP contribution in [0, 0.1) is 5.82 Å². The van der Waals surface area contributed by atoms with Crippen molar-refractivity contribution in [3.63, 3.8) is 0 Å². The van der Waals surface area contributed by atoms with Crippen LogP contribution in [0.15, 0.2) is 24.3 Å². The SMILES string of the molecule is CC(C)(Cc1ccc(F)cc1)NC(=O)CN.CCC(=O)OP. The Labute approximate surface area is 133 Å². The molecule has 0 aliphatic heterocycles. The Morgan fingerprint density at radius 3 is 2.23 bits per heavy atom. The normalized spacial score (nSPS) is 10.3.